The number of hydrogen-bond donors (Lipinski definition) is 1. The van der Waals surface area contributed by atoms with Crippen LogP contribution in [0.5, 0.6) is 0 Å². The Morgan fingerprint density at radius 1 is 1.28 bits per heavy atom. The largest absolute Gasteiger partial charge is 0.325 e. The summed E-state index contributed by atoms with van der Waals surface area (Å²) in [5.41, 5.74) is 2.84. The van der Waals surface area contributed by atoms with Crippen LogP contribution in [0.25, 0.3) is 0 Å². The minimum absolute atomic E-state index is 0.0268. The van der Waals surface area contributed by atoms with Crippen molar-refractivity contribution in [1.82, 2.24) is 0 Å². The Bertz CT molecular complexity index is 495. The van der Waals surface area contributed by atoms with Crippen molar-refractivity contribution in [3.8, 4) is 0 Å². The molecule has 1 aromatic rings. The number of halogens is 2. The van der Waals surface area contributed by atoms with Gasteiger partial charge in [-0.25, -0.2) is 0 Å². The molecule has 1 fully saturated rings. The van der Waals surface area contributed by atoms with Crippen LogP contribution in [-0.4, -0.2) is 5.91 Å². The lowest BCUT2D eigenvalue weighted by Crippen LogP contribution is -2.04. The molecule has 2 aliphatic rings. The number of amides is 1. The van der Waals surface area contributed by atoms with Gasteiger partial charge in [-0.3, -0.25) is 4.79 Å². The fourth-order valence-electron chi connectivity index (χ4n) is 2.98. The molecule has 0 aromatic heterocycles. The molecule has 1 N–H and O–H groups in total. The fraction of sp³-hybridized carbons (Fsp3) is 0.500. The Morgan fingerprint density at radius 3 is 2.72 bits per heavy atom. The molecule has 3 rings (SSSR count). The number of alkyl halides is 1. The third-order valence-corrected chi connectivity index (χ3v) is 4.88. The van der Waals surface area contributed by atoms with Gasteiger partial charge >= 0.3 is 0 Å². The Morgan fingerprint density at radius 2 is 2.00 bits per heavy atom. The zero-order valence-corrected chi connectivity index (χ0v) is 11.5. The summed E-state index contributed by atoms with van der Waals surface area (Å²) >= 11 is 12.9. The van der Waals surface area contributed by atoms with Gasteiger partial charge in [0.2, 0.25) is 5.91 Å². The van der Waals surface area contributed by atoms with Crippen LogP contribution in [0, 0.1) is 5.92 Å². The van der Waals surface area contributed by atoms with Crippen LogP contribution in [-0.2, 0) is 11.2 Å². The molecule has 1 aliphatic carbocycles. The number of rotatable bonds is 2. The second-order valence-electron chi connectivity index (χ2n) is 5.20. The first-order valence-corrected chi connectivity index (χ1v) is 7.23. The number of anilines is 1. The quantitative estimate of drug-likeness (QED) is 0.806. The number of carbonyl (C=O) groups is 1. The Hall–Kier alpha value is -0.730. The molecule has 1 amide bonds. The highest BCUT2D eigenvalue weighted by Gasteiger charge is 2.28. The van der Waals surface area contributed by atoms with Gasteiger partial charge in [0, 0.05) is 10.7 Å². The molecule has 1 aliphatic heterocycles. The molecular formula is C14H15Cl2NO. The van der Waals surface area contributed by atoms with Crippen LogP contribution in [0.15, 0.2) is 12.1 Å². The van der Waals surface area contributed by atoms with Crippen molar-refractivity contribution in [2.75, 3.05) is 5.32 Å². The van der Waals surface area contributed by atoms with E-state index in [2.05, 4.69) is 5.32 Å². The van der Waals surface area contributed by atoms with Crippen LogP contribution in [0.2, 0.25) is 5.02 Å². The van der Waals surface area contributed by atoms with Gasteiger partial charge in [-0.2, -0.15) is 0 Å². The van der Waals surface area contributed by atoms with E-state index in [0.717, 1.165) is 16.8 Å². The lowest BCUT2D eigenvalue weighted by molar-refractivity contribution is -0.115. The van der Waals surface area contributed by atoms with Crippen molar-refractivity contribution in [2.45, 2.75) is 37.5 Å². The average molecular weight is 284 g/mol. The lowest BCUT2D eigenvalue weighted by atomic mass is 9.95. The van der Waals surface area contributed by atoms with Gasteiger partial charge in [0.05, 0.1) is 11.8 Å². The van der Waals surface area contributed by atoms with E-state index in [0.29, 0.717) is 17.4 Å². The molecule has 1 saturated carbocycles. The Kier molecular flexibility index (Phi) is 3.25. The first-order chi connectivity index (χ1) is 8.65. The van der Waals surface area contributed by atoms with E-state index < -0.39 is 0 Å². The monoisotopic (exact) mass is 283 g/mol. The zero-order chi connectivity index (χ0) is 12.7. The highest BCUT2D eigenvalue weighted by molar-refractivity contribution is 6.33. The second kappa shape index (κ2) is 4.75. The van der Waals surface area contributed by atoms with Gasteiger partial charge in [0.1, 0.15) is 0 Å². The van der Waals surface area contributed by atoms with E-state index >= 15 is 0 Å². The molecule has 1 unspecified atom stereocenters. The summed E-state index contributed by atoms with van der Waals surface area (Å²) in [5.74, 6) is 0.553. The maximum Gasteiger partial charge on any atom is 0.228 e. The minimum atomic E-state index is -0.0268. The molecule has 96 valence electrons. The summed E-state index contributed by atoms with van der Waals surface area (Å²) in [6, 6.07) is 3.84. The number of nitrogens with one attached hydrogen (secondary N) is 1. The van der Waals surface area contributed by atoms with Gasteiger partial charge in [-0.1, -0.05) is 30.5 Å². The van der Waals surface area contributed by atoms with E-state index in [4.69, 9.17) is 23.2 Å². The molecule has 18 heavy (non-hydrogen) atoms. The molecule has 1 heterocycles. The maximum atomic E-state index is 11.4. The summed E-state index contributed by atoms with van der Waals surface area (Å²) in [7, 11) is 0. The highest BCUT2D eigenvalue weighted by atomic mass is 35.5. The van der Waals surface area contributed by atoms with Crippen LogP contribution in [0.1, 0.15) is 42.2 Å². The predicted molar refractivity (Wildman–Crippen MR) is 74.3 cm³/mol. The molecule has 1 atom stereocenters. The standard InChI is InChI=1S/C14H15Cl2NO/c15-11-7-12-9(6-13(18)17-12)5-10(11)14(16)8-3-1-2-4-8/h5,7-8,14H,1-4,6H2,(H,17,18). The van der Waals surface area contributed by atoms with Crippen molar-refractivity contribution >= 4 is 34.8 Å². The molecule has 4 heteroatoms. The van der Waals surface area contributed by atoms with Crippen LogP contribution in [0.3, 0.4) is 0 Å². The van der Waals surface area contributed by atoms with Crippen molar-refractivity contribution in [3.63, 3.8) is 0 Å². The summed E-state index contributed by atoms with van der Waals surface area (Å²) in [4.78, 5) is 11.4. The first-order valence-electron chi connectivity index (χ1n) is 6.41. The van der Waals surface area contributed by atoms with E-state index in [9.17, 15) is 4.79 Å². The Balaban J connectivity index is 1.92. The maximum absolute atomic E-state index is 11.4. The second-order valence-corrected chi connectivity index (χ2v) is 6.08. The van der Waals surface area contributed by atoms with Gasteiger partial charge in [-0.15, -0.1) is 11.6 Å². The third-order valence-electron chi connectivity index (χ3n) is 3.96. The number of hydrogen-bond acceptors (Lipinski definition) is 1. The van der Waals surface area contributed by atoms with Gasteiger partial charge in [0.25, 0.3) is 0 Å². The molecular weight excluding hydrogens is 269 g/mol. The number of fused-ring (bicyclic) bond motifs is 1. The number of carbonyl (C=O) groups excluding carboxylic acids is 1. The average Bonchev–Trinajstić information content (AvgIpc) is 2.94. The summed E-state index contributed by atoms with van der Waals surface area (Å²) < 4.78 is 0. The van der Waals surface area contributed by atoms with Gasteiger partial charge in [-0.05, 0) is 36.0 Å². The Labute approximate surface area is 117 Å². The molecule has 2 nitrogen and oxygen atoms in total. The van der Waals surface area contributed by atoms with Crippen LogP contribution < -0.4 is 5.32 Å². The highest BCUT2D eigenvalue weighted by Crippen LogP contribution is 2.44. The van der Waals surface area contributed by atoms with E-state index in [1.807, 2.05) is 12.1 Å². The smallest absolute Gasteiger partial charge is 0.228 e. The summed E-state index contributed by atoms with van der Waals surface area (Å²) in [6.07, 6.45) is 5.32. The van der Waals surface area contributed by atoms with Gasteiger partial charge in [0.15, 0.2) is 0 Å². The topological polar surface area (TPSA) is 29.1 Å². The molecule has 1 aromatic carbocycles. The number of benzene rings is 1. The van der Waals surface area contributed by atoms with Gasteiger partial charge < -0.3 is 5.32 Å². The van der Waals surface area contributed by atoms with Crippen molar-refractivity contribution in [1.29, 1.82) is 0 Å². The van der Waals surface area contributed by atoms with Crippen molar-refractivity contribution < 1.29 is 4.79 Å². The summed E-state index contributed by atoms with van der Waals surface area (Å²) in [5, 5.41) is 3.45. The van der Waals surface area contributed by atoms with E-state index in [-0.39, 0.29) is 11.3 Å². The predicted octanol–water partition coefficient (Wildman–Crippen LogP) is 4.30. The molecule has 0 saturated heterocycles. The van der Waals surface area contributed by atoms with Crippen LogP contribution >= 0.6 is 23.2 Å². The fourth-order valence-corrected chi connectivity index (χ4v) is 3.75. The van der Waals surface area contributed by atoms with E-state index in [1.165, 1.54) is 25.7 Å². The SMILES string of the molecule is O=C1Cc2cc(C(Cl)C3CCCC3)c(Cl)cc2N1. The molecule has 0 spiro atoms. The molecule has 0 bridgehead atoms. The molecule has 0 radical (unpaired) electrons. The normalized spacial score (nSPS) is 20.9. The van der Waals surface area contributed by atoms with Crippen LogP contribution in [0.4, 0.5) is 5.69 Å². The minimum Gasteiger partial charge on any atom is -0.325 e. The van der Waals surface area contributed by atoms with E-state index in [1.54, 1.807) is 0 Å². The first kappa shape index (κ1) is 12.3. The lowest BCUT2D eigenvalue weighted by Gasteiger charge is -2.19. The van der Waals surface area contributed by atoms with Crippen molar-refractivity contribution in [3.05, 3.63) is 28.3 Å². The summed E-state index contributed by atoms with van der Waals surface area (Å²) in [6.45, 7) is 0. The van der Waals surface area contributed by atoms with Crippen molar-refractivity contribution in [2.24, 2.45) is 5.92 Å². The third kappa shape index (κ3) is 2.12. The zero-order valence-electron chi connectivity index (χ0n) is 10.0.